The number of carbonyl (C=O) groups excluding carboxylic acids is 1. The van der Waals surface area contributed by atoms with Crippen LogP contribution < -0.4 is 0 Å². The molecule has 2 rings (SSSR count). The SMILES string of the molecule is CCN(CCO)C(=O)C1CC1c1ccc(Br)cc1. The normalized spacial score (nSPS) is 21.7. The van der Waals surface area contributed by atoms with Crippen LogP contribution in [0.15, 0.2) is 28.7 Å². The topological polar surface area (TPSA) is 40.5 Å². The van der Waals surface area contributed by atoms with Crippen molar-refractivity contribution in [2.45, 2.75) is 19.3 Å². The van der Waals surface area contributed by atoms with E-state index in [0.29, 0.717) is 19.0 Å². The van der Waals surface area contributed by atoms with E-state index in [0.717, 1.165) is 10.9 Å². The van der Waals surface area contributed by atoms with Crippen molar-refractivity contribution in [3.8, 4) is 0 Å². The van der Waals surface area contributed by atoms with Gasteiger partial charge in [0.2, 0.25) is 5.91 Å². The molecular formula is C14H18BrNO2. The van der Waals surface area contributed by atoms with Crippen LogP contribution in [0.1, 0.15) is 24.8 Å². The van der Waals surface area contributed by atoms with Gasteiger partial charge < -0.3 is 10.0 Å². The highest BCUT2D eigenvalue weighted by atomic mass is 79.9. The standard InChI is InChI=1S/C14H18BrNO2/c1-2-16(7-8-17)14(18)13-9-12(13)10-3-5-11(15)6-4-10/h3-6,12-13,17H,2,7-9H2,1H3. The summed E-state index contributed by atoms with van der Waals surface area (Å²) >= 11 is 3.41. The molecule has 0 aliphatic heterocycles. The van der Waals surface area contributed by atoms with E-state index in [1.165, 1.54) is 5.56 Å². The van der Waals surface area contributed by atoms with Gasteiger partial charge in [-0.2, -0.15) is 0 Å². The summed E-state index contributed by atoms with van der Waals surface area (Å²) in [6.07, 6.45) is 0.933. The Kier molecular flexibility index (Phi) is 4.40. The van der Waals surface area contributed by atoms with Crippen LogP contribution in [0.2, 0.25) is 0 Å². The fourth-order valence-electron chi connectivity index (χ4n) is 2.33. The average molecular weight is 312 g/mol. The molecule has 1 fully saturated rings. The number of hydrogen-bond acceptors (Lipinski definition) is 2. The van der Waals surface area contributed by atoms with Crippen molar-refractivity contribution in [3.63, 3.8) is 0 Å². The van der Waals surface area contributed by atoms with Gasteiger partial charge in [0, 0.05) is 23.5 Å². The van der Waals surface area contributed by atoms with Gasteiger partial charge in [-0.1, -0.05) is 28.1 Å². The second kappa shape index (κ2) is 5.85. The molecule has 1 saturated carbocycles. The minimum absolute atomic E-state index is 0.0370. The third-order valence-electron chi connectivity index (χ3n) is 3.47. The fourth-order valence-corrected chi connectivity index (χ4v) is 2.59. The van der Waals surface area contributed by atoms with Gasteiger partial charge >= 0.3 is 0 Å². The van der Waals surface area contributed by atoms with Gasteiger partial charge in [-0.15, -0.1) is 0 Å². The van der Waals surface area contributed by atoms with E-state index in [-0.39, 0.29) is 18.4 Å². The maximum Gasteiger partial charge on any atom is 0.226 e. The molecule has 1 aliphatic carbocycles. The Morgan fingerprint density at radius 2 is 2.11 bits per heavy atom. The zero-order chi connectivity index (χ0) is 13.1. The second-order valence-corrected chi connectivity index (χ2v) is 5.56. The van der Waals surface area contributed by atoms with Crippen molar-refractivity contribution in [1.29, 1.82) is 0 Å². The van der Waals surface area contributed by atoms with Crippen LogP contribution in [-0.2, 0) is 4.79 Å². The second-order valence-electron chi connectivity index (χ2n) is 4.64. The first kappa shape index (κ1) is 13.6. The predicted molar refractivity (Wildman–Crippen MR) is 74.3 cm³/mol. The lowest BCUT2D eigenvalue weighted by Crippen LogP contribution is -2.34. The van der Waals surface area contributed by atoms with Crippen molar-refractivity contribution in [3.05, 3.63) is 34.3 Å². The quantitative estimate of drug-likeness (QED) is 0.907. The Labute approximate surface area is 116 Å². The van der Waals surface area contributed by atoms with E-state index >= 15 is 0 Å². The van der Waals surface area contributed by atoms with Gasteiger partial charge in [0.05, 0.1) is 6.61 Å². The zero-order valence-electron chi connectivity index (χ0n) is 10.5. The zero-order valence-corrected chi connectivity index (χ0v) is 12.1. The number of aliphatic hydroxyl groups excluding tert-OH is 1. The molecule has 1 aromatic rings. The van der Waals surface area contributed by atoms with Crippen LogP contribution in [-0.4, -0.2) is 35.6 Å². The van der Waals surface area contributed by atoms with Gasteiger partial charge in [-0.25, -0.2) is 0 Å². The fraction of sp³-hybridized carbons (Fsp3) is 0.500. The maximum atomic E-state index is 12.2. The number of rotatable bonds is 5. The molecule has 0 bridgehead atoms. The van der Waals surface area contributed by atoms with Gasteiger partial charge in [0.15, 0.2) is 0 Å². The summed E-state index contributed by atoms with van der Waals surface area (Å²) < 4.78 is 1.06. The van der Waals surface area contributed by atoms with Gasteiger partial charge in [-0.3, -0.25) is 4.79 Å². The van der Waals surface area contributed by atoms with Crippen LogP contribution in [0.4, 0.5) is 0 Å². The van der Waals surface area contributed by atoms with E-state index in [4.69, 9.17) is 5.11 Å². The van der Waals surface area contributed by atoms with E-state index in [2.05, 4.69) is 28.1 Å². The lowest BCUT2D eigenvalue weighted by atomic mass is 10.1. The van der Waals surface area contributed by atoms with Gasteiger partial charge in [0.25, 0.3) is 0 Å². The molecule has 1 aliphatic rings. The van der Waals surface area contributed by atoms with Gasteiger partial charge in [0.1, 0.15) is 0 Å². The van der Waals surface area contributed by atoms with Crippen molar-refractivity contribution in [2.75, 3.05) is 19.7 Å². The monoisotopic (exact) mass is 311 g/mol. The molecule has 0 heterocycles. The summed E-state index contributed by atoms with van der Waals surface area (Å²) in [5.74, 6) is 0.649. The average Bonchev–Trinajstić information content (AvgIpc) is 3.16. The predicted octanol–water partition coefficient (Wildman–Crippen LogP) is 2.39. The van der Waals surface area contributed by atoms with E-state index in [9.17, 15) is 4.79 Å². The summed E-state index contributed by atoms with van der Waals surface area (Å²) in [5, 5.41) is 8.93. The third kappa shape index (κ3) is 2.93. The van der Waals surface area contributed by atoms with Crippen LogP contribution in [0.5, 0.6) is 0 Å². The molecule has 3 nitrogen and oxygen atoms in total. The largest absolute Gasteiger partial charge is 0.395 e. The molecule has 4 heteroatoms. The Morgan fingerprint density at radius 1 is 1.44 bits per heavy atom. The molecule has 2 unspecified atom stereocenters. The van der Waals surface area contributed by atoms with Crippen molar-refractivity contribution < 1.29 is 9.90 Å². The molecule has 1 aromatic carbocycles. The Balaban J connectivity index is 1.98. The molecule has 18 heavy (non-hydrogen) atoms. The first-order chi connectivity index (χ1) is 8.67. The highest BCUT2D eigenvalue weighted by molar-refractivity contribution is 9.10. The number of halogens is 1. The third-order valence-corrected chi connectivity index (χ3v) is 4.00. The number of carbonyl (C=O) groups is 1. The molecule has 98 valence electrons. The summed E-state index contributed by atoms with van der Waals surface area (Å²) in [5.41, 5.74) is 1.23. The molecule has 1 amide bonds. The molecule has 0 aromatic heterocycles. The lowest BCUT2D eigenvalue weighted by molar-refractivity contribution is -0.133. The number of amides is 1. The Morgan fingerprint density at radius 3 is 2.67 bits per heavy atom. The van der Waals surface area contributed by atoms with Crippen molar-refractivity contribution in [2.24, 2.45) is 5.92 Å². The lowest BCUT2D eigenvalue weighted by Gasteiger charge is -2.19. The molecule has 0 saturated heterocycles. The van der Waals surface area contributed by atoms with Crippen LogP contribution in [0.3, 0.4) is 0 Å². The number of nitrogens with zero attached hydrogens (tertiary/aromatic N) is 1. The van der Waals surface area contributed by atoms with Crippen LogP contribution >= 0.6 is 15.9 Å². The van der Waals surface area contributed by atoms with Gasteiger partial charge in [-0.05, 0) is 37.0 Å². The van der Waals surface area contributed by atoms with E-state index in [1.807, 2.05) is 19.1 Å². The number of benzene rings is 1. The molecule has 0 spiro atoms. The van der Waals surface area contributed by atoms with E-state index in [1.54, 1.807) is 4.90 Å². The minimum atomic E-state index is 0.0370. The summed E-state index contributed by atoms with van der Waals surface area (Å²) in [6, 6.07) is 8.18. The summed E-state index contributed by atoms with van der Waals surface area (Å²) in [4.78, 5) is 13.9. The highest BCUT2D eigenvalue weighted by Crippen LogP contribution is 2.48. The first-order valence-electron chi connectivity index (χ1n) is 6.32. The molecule has 0 radical (unpaired) electrons. The molecular weight excluding hydrogens is 294 g/mol. The van der Waals surface area contributed by atoms with Crippen LogP contribution in [0, 0.1) is 5.92 Å². The van der Waals surface area contributed by atoms with E-state index < -0.39 is 0 Å². The molecule has 2 atom stereocenters. The number of hydrogen-bond donors (Lipinski definition) is 1. The number of likely N-dealkylation sites (N-methyl/N-ethyl adjacent to an activating group) is 1. The highest BCUT2D eigenvalue weighted by Gasteiger charge is 2.45. The number of aliphatic hydroxyl groups is 1. The smallest absolute Gasteiger partial charge is 0.226 e. The Hall–Kier alpha value is -0.870. The van der Waals surface area contributed by atoms with Crippen molar-refractivity contribution in [1.82, 2.24) is 4.90 Å². The summed E-state index contributed by atoms with van der Waals surface area (Å²) in [6.45, 7) is 3.10. The molecule has 1 N–H and O–H groups in total. The van der Waals surface area contributed by atoms with Crippen molar-refractivity contribution >= 4 is 21.8 Å². The Bertz CT molecular complexity index is 418. The first-order valence-corrected chi connectivity index (χ1v) is 7.11. The summed E-state index contributed by atoms with van der Waals surface area (Å²) in [7, 11) is 0. The van der Waals surface area contributed by atoms with Crippen LogP contribution in [0.25, 0.3) is 0 Å². The minimum Gasteiger partial charge on any atom is -0.395 e. The maximum absolute atomic E-state index is 12.2.